The Balaban J connectivity index is 1.97. The highest BCUT2D eigenvalue weighted by molar-refractivity contribution is 6.09. The normalized spacial score (nSPS) is 11.3. The number of rotatable bonds is 8. The fraction of sp³-hybridized carbons (Fsp3) is 0.381. The molecule has 0 aliphatic rings. The molecule has 4 N–H and O–H groups in total. The highest BCUT2D eigenvalue weighted by Gasteiger charge is 2.13. The Kier molecular flexibility index (Phi) is 6.64. The molecule has 5 nitrogen and oxygen atoms in total. The van der Waals surface area contributed by atoms with E-state index in [1.807, 2.05) is 12.1 Å². The lowest BCUT2D eigenvalue weighted by Gasteiger charge is -2.30. The maximum absolute atomic E-state index is 12.5. The predicted molar refractivity (Wildman–Crippen MR) is 108 cm³/mol. The third-order valence-corrected chi connectivity index (χ3v) is 4.41. The van der Waals surface area contributed by atoms with E-state index >= 15 is 0 Å². The molecule has 26 heavy (non-hydrogen) atoms. The Bertz CT molecular complexity index is 731. The van der Waals surface area contributed by atoms with Gasteiger partial charge in [-0.2, -0.15) is 0 Å². The first-order chi connectivity index (χ1) is 12.3. The van der Waals surface area contributed by atoms with E-state index in [2.05, 4.69) is 32.6 Å². The first-order valence-electron chi connectivity index (χ1n) is 8.98. The highest BCUT2D eigenvalue weighted by Crippen LogP contribution is 2.20. The summed E-state index contributed by atoms with van der Waals surface area (Å²) in [6, 6.07) is 13.1. The molecule has 0 aromatic heterocycles. The molecule has 0 spiro atoms. The average molecular weight is 355 g/mol. The number of anilines is 2. The van der Waals surface area contributed by atoms with Crippen LogP contribution in [-0.2, 0) is 0 Å². The molecule has 0 unspecified atom stereocenters. The van der Waals surface area contributed by atoms with Gasteiger partial charge in [-0.25, -0.2) is 0 Å². The van der Waals surface area contributed by atoms with Crippen LogP contribution in [0.1, 0.15) is 43.6 Å². The van der Waals surface area contributed by atoms with E-state index in [9.17, 15) is 4.79 Å². The third-order valence-electron chi connectivity index (χ3n) is 4.41. The van der Waals surface area contributed by atoms with Crippen molar-refractivity contribution in [3.8, 4) is 5.75 Å². The maximum atomic E-state index is 12.5. The summed E-state index contributed by atoms with van der Waals surface area (Å²) in [4.78, 5) is 14.9. The smallest absolute Gasteiger partial charge is 0.193 e. The molecule has 0 atom stereocenters. The third kappa shape index (κ3) is 4.99. The minimum atomic E-state index is -0.0889. The van der Waals surface area contributed by atoms with E-state index < -0.39 is 0 Å². The fourth-order valence-corrected chi connectivity index (χ4v) is 2.97. The molecule has 0 saturated carbocycles. The number of benzene rings is 2. The van der Waals surface area contributed by atoms with Gasteiger partial charge in [0.2, 0.25) is 0 Å². The van der Waals surface area contributed by atoms with Crippen LogP contribution in [0.4, 0.5) is 11.4 Å². The van der Waals surface area contributed by atoms with E-state index in [0.29, 0.717) is 41.2 Å². The van der Waals surface area contributed by atoms with Gasteiger partial charge in [-0.1, -0.05) is 0 Å². The molecular weight excluding hydrogens is 326 g/mol. The lowest BCUT2D eigenvalue weighted by Crippen LogP contribution is -2.39. The van der Waals surface area contributed by atoms with Crippen LogP contribution >= 0.6 is 0 Å². The number of nitrogen functional groups attached to an aromatic ring is 2. The molecule has 2 aromatic carbocycles. The fourth-order valence-electron chi connectivity index (χ4n) is 2.97. The number of hydrogen-bond acceptors (Lipinski definition) is 5. The Morgan fingerprint density at radius 1 is 0.923 bits per heavy atom. The summed E-state index contributed by atoms with van der Waals surface area (Å²) in [6.07, 6.45) is 0. The van der Waals surface area contributed by atoms with Gasteiger partial charge in [0, 0.05) is 29.8 Å². The van der Waals surface area contributed by atoms with Gasteiger partial charge in [0.15, 0.2) is 5.78 Å². The van der Waals surface area contributed by atoms with Gasteiger partial charge in [-0.05, 0) is 70.2 Å². The molecule has 0 aliphatic heterocycles. The van der Waals surface area contributed by atoms with Crippen LogP contribution < -0.4 is 16.2 Å². The van der Waals surface area contributed by atoms with Crippen LogP contribution in [0.3, 0.4) is 0 Å². The zero-order chi connectivity index (χ0) is 19.3. The van der Waals surface area contributed by atoms with Gasteiger partial charge in [0.1, 0.15) is 12.4 Å². The number of ether oxygens (including phenoxy) is 1. The summed E-state index contributed by atoms with van der Waals surface area (Å²) < 4.78 is 5.82. The van der Waals surface area contributed by atoms with Crippen molar-refractivity contribution in [3.05, 3.63) is 53.6 Å². The molecule has 2 rings (SSSR count). The molecule has 0 fully saturated rings. The summed E-state index contributed by atoms with van der Waals surface area (Å²) in [6.45, 7) is 10.2. The van der Waals surface area contributed by atoms with Crippen LogP contribution in [0.5, 0.6) is 5.75 Å². The van der Waals surface area contributed by atoms with E-state index in [0.717, 1.165) is 12.3 Å². The van der Waals surface area contributed by atoms with Crippen LogP contribution in [0.25, 0.3) is 0 Å². The Labute approximate surface area is 155 Å². The van der Waals surface area contributed by atoms with Crippen molar-refractivity contribution in [1.29, 1.82) is 0 Å². The van der Waals surface area contributed by atoms with Gasteiger partial charge in [0.05, 0.1) is 11.4 Å². The van der Waals surface area contributed by atoms with E-state index in [1.54, 1.807) is 30.3 Å². The Morgan fingerprint density at radius 2 is 1.50 bits per heavy atom. The number of carbonyl (C=O) groups excluding carboxylic acids is 1. The molecule has 0 bridgehead atoms. The van der Waals surface area contributed by atoms with Gasteiger partial charge >= 0.3 is 0 Å². The van der Waals surface area contributed by atoms with Crippen molar-refractivity contribution in [2.75, 3.05) is 24.6 Å². The van der Waals surface area contributed by atoms with Crippen molar-refractivity contribution < 1.29 is 9.53 Å². The molecule has 0 amide bonds. The van der Waals surface area contributed by atoms with Crippen molar-refractivity contribution in [1.82, 2.24) is 4.90 Å². The molecular formula is C21H29N3O2. The molecule has 0 aliphatic carbocycles. The highest BCUT2D eigenvalue weighted by atomic mass is 16.5. The molecule has 0 heterocycles. The lowest BCUT2D eigenvalue weighted by atomic mass is 10.0. The van der Waals surface area contributed by atoms with Crippen molar-refractivity contribution in [2.24, 2.45) is 0 Å². The maximum Gasteiger partial charge on any atom is 0.193 e. The van der Waals surface area contributed by atoms with Crippen LogP contribution in [0.15, 0.2) is 42.5 Å². The van der Waals surface area contributed by atoms with Crippen LogP contribution in [-0.4, -0.2) is 35.9 Å². The largest absolute Gasteiger partial charge is 0.492 e. The quantitative estimate of drug-likeness (QED) is 0.559. The van der Waals surface area contributed by atoms with Crippen LogP contribution in [0, 0.1) is 0 Å². The first-order valence-corrected chi connectivity index (χ1v) is 8.98. The Morgan fingerprint density at radius 3 is 2.04 bits per heavy atom. The summed E-state index contributed by atoms with van der Waals surface area (Å²) in [5.41, 5.74) is 13.5. The second-order valence-corrected chi connectivity index (χ2v) is 6.97. The molecule has 0 saturated heterocycles. The number of hydrogen-bond donors (Lipinski definition) is 2. The predicted octanol–water partition coefficient (Wildman–Crippen LogP) is 3.58. The zero-order valence-corrected chi connectivity index (χ0v) is 16.0. The Hall–Kier alpha value is -2.53. The molecule has 140 valence electrons. The van der Waals surface area contributed by atoms with Gasteiger partial charge in [-0.3, -0.25) is 9.69 Å². The average Bonchev–Trinajstić information content (AvgIpc) is 2.60. The molecule has 2 aromatic rings. The van der Waals surface area contributed by atoms with Crippen molar-refractivity contribution >= 4 is 17.2 Å². The summed E-state index contributed by atoms with van der Waals surface area (Å²) in [7, 11) is 0. The lowest BCUT2D eigenvalue weighted by molar-refractivity contribution is 0.103. The standard InChI is InChI=1S/C21H29N3O2/c1-14(2)24(15(3)4)11-12-26-18-8-5-16(6-9-18)21(25)17-7-10-19(22)20(23)13-17/h5-10,13-15H,11-12,22-23H2,1-4H3. The zero-order valence-electron chi connectivity index (χ0n) is 16.0. The second-order valence-electron chi connectivity index (χ2n) is 6.97. The number of ketones is 1. The SMILES string of the molecule is CC(C)N(CCOc1ccc(C(=O)c2ccc(N)c(N)c2)cc1)C(C)C. The van der Waals surface area contributed by atoms with Gasteiger partial charge < -0.3 is 16.2 Å². The molecule has 5 heteroatoms. The number of nitrogens with two attached hydrogens (primary N) is 2. The van der Waals surface area contributed by atoms with Gasteiger partial charge in [-0.15, -0.1) is 0 Å². The summed E-state index contributed by atoms with van der Waals surface area (Å²) in [5, 5.41) is 0. The minimum Gasteiger partial charge on any atom is -0.492 e. The monoisotopic (exact) mass is 355 g/mol. The minimum absolute atomic E-state index is 0.0889. The van der Waals surface area contributed by atoms with E-state index in [1.165, 1.54) is 0 Å². The summed E-state index contributed by atoms with van der Waals surface area (Å²) >= 11 is 0. The number of carbonyl (C=O) groups is 1. The summed E-state index contributed by atoms with van der Waals surface area (Å²) in [5.74, 6) is 0.667. The van der Waals surface area contributed by atoms with Crippen LogP contribution in [0.2, 0.25) is 0 Å². The molecule has 0 radical (unpaired) electrons. The van der Waals surface area contributed by atoms with E-state index in [-0.39, 0.29) is 5.78 Å². The first kappa shape index (κ1) is 19.8. The second kappa shape index (κ2) is 8.72. The van der Waals surface area contributed by atoms with Gasteiger partial charge in [0.25, 0.3) is 0 Å². The van der Waals surface area contributed by atoms with Crippen molar-refractivity contribution in [2.45, 2.75) is 39.8 Å². The van der Waals surface area contributed by atoms with Crippen molar-refractivity contribution in [3.63, 3.8) is 0 Å². The topological polar surface area (TPSA) is 81.6 Å². The number of nitrogens with zero attached hydrogens (tertiary/aromatic N) is 1. The van der Waals surface area contributed by atoms with E-state index in [4.69, 9.17) is 16.2 Å².